The first-order valence-corrected chi connectivity index (χ1v) is 12.2. The van der Waals surface area contributed by atoms with Crippen molar-refractivity contribution < 1.29 is 48.7 Å². The summed E-state index contributed by atoms with van der Waals surface area (Å²) in [5.74, 6) is -4.91. The van der Waals surface area contributed by atoms with E-state index in [4.69, 9.17) is 30.5 Å². The predicted octanol–water partition coefficient (Wildman–Crippen LogP) is 0.471. The lowest BCUT2D eigenvalue weighted by molar-refractivity contribution is -0.229. The second kappa shape index (κ2) is 8.69. The number of alkyl halides is 1. The van der Waals surface area contributed by atoms with Crippen LogP contribution < -0.4 is 0 Å². The van der Waals surface area contributed by atoms with E-state index in [0.29, 0.717) is 0 Å². The van der Waals surface area contributed by atoms with Gasteiger partial charge in [-0.25, -0.2) is 0 Å². The molecule has 2 aliphatic carbocycles. The fraction of sp³-hybridized carbons (Fsp3) is 0.792. The van der Waals surface area contributed by atoms with Gasteiger partial charge in [-0.1, -0.05) is 26.0 Å². The molecule has 13 atom stereocenters. The predicted molar refractivity (Wildman–Crippen MR) is 120 cm³/mol. The first-order valence-electron chi connectivity index (χ1n) is 11.8. The number of hydrogen-bond donors (Lipinski definition) is 3. The topological polar surface area (TPSA) is 152 Å². The molecule has 196 valence electrons. The molecule has 2 saturated heterocycles. The summed E-state index contributed by atoms with van der Waals surface area (Å²) in [6.07, 6.45) is -7.67. The molecule has 11 heteroatoms. The van der Waals surface area contributed by atoms with Crippen LogP contribution in [-0.2, 0) is 33.3 Å². The number of halogens is 1. The molecule has 3 N–H and O–H groups in total. The second-order valence-corrected chi connectivity index (χ2v) is 11.1. The van der Waals surface area contributed by atoms with Crippen LogP contribution in [0, 0.1) is 23.2 Å². The monoisotopic (exact) mass is 516 g/mol. The number of aliphatic hydroxyl groups is 3. The van der Waals surface area contributed by atoms with E-state index in [1.807, 2.05) is 0 Å². The van der Waals surface area contributed by atoms with Crippen molar-refractivity contribution in [2.45, 2.75) is 94.7 Å². The minimum Gasteiger partial charge on any atom is -0.459 e. The molecule has 4 aliphatic rings. The Morgan fingerprint density at radius 2 is 1.74 bits per heavy atom. The number of carbonyl (C=O) groups excluding carboxylic acids is 3. The maximum Gasteiger partial charge on any atom is 0.312 e. The van der Waals surface area contributed by atoms with Crippen LogP contribution in [0.25, 0.3) is 0 Å². The number of aliphatic hydroxyl groups excluding tert-OH is 2. The fourth-order valence-electron chi connectivity index (χ4n) is 6.63. The van der Waals surface area contributed by atoms with Gasteiger partial charge in [0.25, 0.3) is 0 Å². The third kappa shape index (κ3) is 3.80. The highest BCUT2D eigenvalue weighted by Crippen LogP contribution is 2.61. The molecule has 0 bridgehead atoms. The van der Waals surface area contributed by atoms with Gasteiger partial charge in [0.1, 0.15) is 18.3 Å². The Labute approximate surface area is 208 Å². The highest BCUT2D eigenvalue weighted by molar-refractivity contribution is 6.23. The maximum atomic E-state index is 12.8. The van der Waals surface area contributed by atoms with E-state index in [2.05, 4.69) is 6.58 Å². The fourth-order valence-corrected chi connectivity index (χ4v) is 6.97. The SMILES string of the molecule is C=C1CC(OC(C)=O)C(O)C2(C)C3OC3C(O)C(C)C2C(OC(C)=O)C2(O)C(C)C(=O)OC2C1Cl. The Bertz CT molecular complexity index is 939. The van der Waals surface area contributed by atoms with Crippen LogP contribution in [0.15, 0.2) is 12.2 Å². The molecule has 13 unspecified atom stereocenters. The van der Waals surface area contributed by atoms with Gasteiger partial charge in [0.15, 0.2) is 11.7 Å². The van der Waals surface area contributed by atoms with Crippen LogP contribution in [-0.4, -0.2) is 86.9 Å². The molecule has 0 aromatic rings. The summed E-state index contributed by atoms with van der Waals surface area (Å²) in [6, 6.07) is 0. The van der Waals surface area contributed by atoms with Gasteiger partial charge in [-0.3, -0.25) is 14.4 Å². The standard InChI is InChI=1S/C24H33ClO10/c1-8-7-13(32-11(4)26)18(29)23(6)14(9(2)16(28)17-21(23)34-17)19(33-12(5)27)24(31)10(3)22(30)35-20(24)15(8)25/h9-10,13-21,28-29,31H,1,7H2,2-6H3. The van der Waals surface area contributed by atoms with Crippen molar-refractivity contribution >= 4 is 29.5 Å². The molecule has 0 spiro atoms. The van der Waals surface area contributed by atoms with E-state index in [1.165, 1.54) is 13.8 Å². The van der Waals surface area contributed by atoms with Crippen molar-refractivity contribution in [2.75, 3.05) is 0 Å². The van der Waals surface area contributed by atoms with Gasteiger partial charge >= 0.3 is 17.9 Å². The number of carbonyl (C=O) groups is 3. The zero-order valence-corrected chi connectivity index (χ0v) is 21.1. The van der Waals surface area contributed by atoms with Gasteiger partial charge in [0, 0.05) is 31.6 Å². The highest BCUT2D eigenvalue weighted by Gasteiger charge is 2.75. The van der Waals surface area contributed by atoms with Crippen LogP contribution in [0.5, 0.6) is 0 Å². The maximum absolute atomic E-state index is 12.8. The zero-order chi connectivity index (χ0) is 26.2. The molecule has 4 fully saturated rings. The van der Waals surface area contributed by atoms with Gasteiger partial charge < -0.3 is 34.3 Å². The molecule has 35 heavy (non-hydrogen) atoms. The summed E-state index contributed by atoms with van der Waals surface area (Å²) >= 11 is 6.68. The molecule has 2 heterocycles. The van der Waals surface area contributed by atoms with E-state index in [0.717, 1.165) is 6.92 Å². The van der Waals surface area contributed by atoms with E-state index in [1.54, 1.807) is 13.8 Å². The molecule has 0 aromatic carbocycles. The number of ether oxygens (including phenoxy) is 4. The summed E-state index contributed by atoms with van der Waals surface area (Å²) < 4.78 is 22.5. The normalized spacial score (nSPS) is 51.3. The quantitative estimate of drug-likeness (QED) is 0.155. The second-order valence-electron chi connectivity index (χ2n) is 10.6. The molecular formula is C24H33ClO10. The van der Waals surface area contributed by atoms with Crippen molar-refractivity contribution in [1.82, 2.24) is 0 Å². The largest absolute Gasteiger partial charge is 0.459 e. The van der Waals surface area contributed by atoms with E-state index in [-0.39, 0.29) is 12.0 Å². The number of epoxide rings is 1. The summed E-state index contributed by atoms with van der Waals surface area (Å²) in [4.78, 5) is 37.1. The molecular weight excluding hydrogens is 484 g/mol. The van der Waals surface area contributed by atoms with E-state index < -0.39 is 94.8 Å². The Morgan fingerprint density at radius 1 is 1.14 bits per heavy atom. The third-order valence-electron chi connectivity index (χ3n) is 8.55. The average Bonchev–Trinajstić information content (AvgIpc) is 3.54. The Hall–Kier alpha value is -1.72. The van der Waals surface area contributed by atoms with Crippen LogP contribution in [0.4, 0.5) is 0 Å². The lowest BCUT2D eigenvalue weighted by Gasteiger charge is -2.55. The van der Waals surface area contributed by atoms with Gasteiger partial charge in [-0.2, -0.15) is 0 Å². The van der Waals surface area contributed by atoms with Crippen LogP contribution in [0.1, 0.15) is 41.0 Å². The summed E-state index contributed by atoms with van der Waals surface area (Å²) in [5.41, 5.74) is -3.15. The Balaban J connectivity index is 1.97. The van der Waals surface area contributed by atoms with Gasteiger partial charge in [-0.05, 0) is 12.8 Å². The zero-order valence-electron chi connectivity index (χ0n) is 20.3. The molecule has 0 amide bonds. The summed E-state index contributed by atoms with van der Waals surface area (Å²) in [7, 11) is 0. The van der Waals surface area contributed by atoms with Crippen molar-refractivity contribution in [2.24, 2.45) is 23.2 Å². The van der Waals surface area contributed by atoms with Crippen molar-refractivity contribution in [3.8, 4) is 0 Å². The van der Waals surface area contributed by atoms with Crippen molar-refractivity contribution in [3.63, 3.8) is 0 Å². The van der Waals surface area contributed by atoms with Crippen LogP contribution in [0.3, 0.4) is 0 Å². The molecule has 4 rings (SSSR count). The Kier molecular flexibility index (Phi) is 6.54. The molecule has 0 aromatic heterocycles. The van der Waals surface area contributed by atoms with E-state index >= 15 is 0 Å². The lowest BCUT2D eigenvalue weighted by atomic mass is 9.53. The highest BCUT2D eigenvalue weighted by atomic mass is 35.5. The first kappa shape index (κ1) is 26.3. The molecule has 10 nitrogen and oxygen atoms in total. The van der Waals surface area contributed by atoms with Gasteiger partial charge in [-0.15, -0.1) is 11.6 Å². The molecule has 2 saturated carbocycles. The van der Waals surface area contributed by atoms with Crippen molar-refractivity contribution in [3.05, 3.63) is 12.2 Å². The number of hydrogen-bond acceptors (Lipinski definition) is 10. The molecule has 0 radical (unpaired) electrons. The minimum absolute atomic E-state index is 0.0811. The number of rotatable bonds is 2. The van der Waals surface area contributed by atoms with Crippen LogP contribution >= 0.6 is 11.6 Å². The first-order chi connectivity index (χ1) is 16.2. The third-order valence-corrected chi connectivity index (χ3v) is 9.08. The van der Waals surface area contributed by atoms with Crippen LogP contribution in [0.2, 0.25) is 0 Å². The summed E-state index contributed by atoms with van der Waals surface area (Å²) in [5, 5.41) is 33.7. The van der Waals surface area contributed by atoms with Gasteiger partial charge in [0.2, 0.25) is 0 Å². The average molecular weight is 517 g/mol. The lowest BCUT2D eigenvalue weighted by Crippen LogP contribution is -2.69. The Morgan fingerprint density at radius 3 is 2.31 bits per heavy atom. The summed E-state index contributed by atoms with van der Waals surface area (Å²) in [6.45, 7) is 11.2. The number of fused-ring (bicyclic) bond motifs is 4. The smallest absolute Gasteiger partial charge is 0.312 e. The van der Waals surface area contributed by atoms with E-state index in [9.17, 15) is 29.7 Å². The molecule has 2 aliphatic heterocycles. The van der Waals surface area contributed by atoms with Crippen molar-refractivity contribution in [1.29, 1.82) is 0 Å². The number of esters is 3. The minimum atomic E-state index is -2.12. The van der Waals surface area contributed by atoms with Gasteiger partial charge in [0.05, 0.1) is 29.6 Å².